The molecule has 0 spiro atoms. The number of hydrogen-bond acceptors (Lipinski definition) is 2. The molecular formula is C6H6Cl2N2O2. The van der Waals surface area contributed by atoms with E-state index in [1.807, 2.05) is 0 Å². The Morgan fingerprint density at radius 1 is 0.917 bits per heavy atom. The van der Waals surface area contributed by atoms with Gasteiger partial charge in [0.1, 0.15) is 10.0 Å². The summed E-state index contributed by atoms with van der Waals surface area (Å²) in [6.45, 7) is 0. The first-order valence-electron chi connectivity index (χ1n) is 3.08. The highest BCUT2D eigenvalue weighted by Gasteiger charge is 2.10. The van der Waals surface area contributed by atoms with Gasteiger partial charge in [-0.15, -0.1) is 0 Å². The summed E-state index contributed by atoms with van der Waals surface area (Å²) in [6.07, 6.45) is 0. The van der Waals surface area contributed by atoms with Crippen LogP contribution in [0.2, 0.25) is 10.0 Å². The lowest BCUT2D eigenvalue weighted by Gasteiger charge is -2.06. The summed E-state index contributed by atoms with van der Waals surface area (Å²) >= 11 is 11.0. The average Bonchev–Trinajstić information content (AvgIpc) is 2.08. The third-order valence-corrected chi connectivity index (χ3v) is 2.40. The summed E-state index contributed by atoms with van der Waals surface area (Å²) in [5.41, 5.74) is -0.965. The van der Waals surface area contributed by atoms with Crippen LogP contribution in [0.3, 0.4) is 0 Å². The molecule has 0 saturated carbocycles. The molecule has 1 aromatic rings. The molecule has 0 radical (unpaired) electrons. The maximum atomic E-state index is 11.1. The Balaban J connectivity index is 3.86. The van der Waals surface area contributed by atoms with Crippen molar-refractivity contribution in [1.82, 2.24) is 9.36 Å². The Morgan fingerprint density at radius 2 is 1.17 bits per heavy atom. The molecule has 0 amide bonds. The van der Waals surface area contributed by atoms with E-state index >= 15 is 0 Å². The van der Waals surface area contributed by atoms with Gasteiger partial charge in [0.2, 0.25) is 0 Å². The highest BCUT2D eigenvalue weighted by Crippen LogP contribution is 2.10. The SMILES string of the molecule is Cn1c(=O)c(Cl)c(Cl)c(=O)n1C. The Labute approximate surface area is 77.9 Å². The Morgan fingerprint density at radius 3 is 1.42 bits per heavy atom. The van der Waals surface area contributed by atoms with E-state index in [-0.39, 0.29) is 10.0 Å². The van der Waals surface area contributed by atoms with Gasteiger partial charge in [0.15, 0.2) is 0 Å². The molecule has 1 heterocycles. The van der Waals surface area contributed by atoms with Gasteiger partial charge in [-0.1, -0.05) is 23.2 Å². The topological polar surface area (TPSA) is 44.0 Å². The van der Waals surface area contributed by atoms with Crippen LogP contribution >= 0.6 is 23.2 Å². The van der Waals surface area contributed by atoms with Crippen LogP contribution in [-0.2, 0) is 14.1 Å². The van der Waals surface area contributed by atoms with Gasteiger partial charge in [0.25, 0.3) is 11.1 Å². The second-order valence-electron chi connectivity index (χ2n) is 2.29. The molecule has 1 aromatic heterocycles. The fraction of sp³-hybridized carbons (Fsp3) is 0.333. The van der Waals surface area contributed by atoms with Crippen LogP contribution in [-0.4, -0.2) is 9.36 Å². The van der Waals surface area contributed by atoms with Crippen molar-refractivity contribution in [2.45, 2.75) is 0 Å². The zero-order chi connectivity index (χ0) is 9.46. The summed E-state index contributed by atoms with van der Waals surface area (Å²) in [7, 11) is 2.87. The van der Waals surface area contributed by atoms with E-state index in [0.29, 0.717) is 0 Å². The molecule has 0 aliphatic rings. The first kappa shape index (κ1) is 9.35. The quantitative estimate of drug-likeness (QED) is 0.620. The number of aromatic nitrogens is 2. The van der Waals surface area contributed by atoms with Gasteiger partial charge < -0.3 is 0 Å². The molecule has 0 bridgehead atoms. The highest BCUT2D eigenvalue weighted by atomic mass is 35.5. The number of rotatable bonds is 0. The summed E-state index contributed by atoms with van der Waals surface area (Å²) in [5.74, 6) is 0. The standard InChI is InChI=1S/C6H6Cl2N2O2/c1-9-5(11)3(7)4(8)6(12)10(9)2/h1-2H3. The smallest absolute Gasteiger partial charge is 0.266 e. The predicted molar refractivity (Wildman–Crippen MR) is 46.9 cm³/mol. The third kappa shape index (κ3) is 1.17. The molecule has 0 atom stereocenters. The summed E-state index contributed by atoms with van der Waals surface area (Å²) in [6, 6.07) is 0. The van der Waals surface area contributed by atoms with Crippen molar-refractivity contribution in [3.63, 3.8) is 0 Å². The zero-order valence-electron chi connectivity index (χ0n) is 6.47. The lowest BCUT2D eigenvalue weighted by molar-refractivity contribution is 0.534. The van der Waals surface area contributed by atoms with E-state index in [1.54, 1.807) is 0 Å². The molecule has 0 saturated heterocycles. The highest BCUT2D eigenvalue weighted by molar-refractivity contribution is 6.41. The van der Waals surface area contributed by atoms with Crippen LogP contribution in [0, 0.1) is 0 Å². The van der Waals surface area contributed by atoms with E-state index in [1.165, 1.54) is 14.1 Å². The van der Waals surface area contributed by atoms with E-state index in [0.717, 1.165) is 9.36 Å². The average molecular weight is 209 g/mol. The molecule has 4 nitrogen and oxygen atoms in total. The minimum Gasteiger partial charge on any atom is -0.266 e. The van der Waals surface area contributed by atoms with Gasteiger partial charge in [-0.25, -0.2) is 9.36 Å². The first-order chi connectivity index (χ1) is 5.46. The molecule has 12 heavy (non-hydrogen) atoms. The number of hydrogen-bond donors (Lipinski definition) is 0. The van der Waals surface area contributed by atoms with Crippen molar-refractivity contribution in [3.05, 3.63) is 30.8 Å². The molecule has 0 fully saturated rings. The fourth-order valence-corrected chi connectivity index (χ4v) is 1.15. The van der Waals surface area contributed by atoms with E-state index in [2.05, 4.69) is 0 Å². The fourth-order valence-electron chi connectivity index (χ4n) is 0.744. The largest absolute Gasteiger partial charge is 0.285 e. The third-order valence-electron chi connectivity index (χ3n) is 1.61. The minimum atomic E-state index is -0.483. The monoisotopic (exact) mass is 208 g/mol. The van der Waals surface area contributed by atoms with Crippen molar-refractivity contribution in [2.24, 2.45) is 14.1 Å². The normalized spacial score (nSPS) is 10.3. The van der Waals surface area contributed by atoms with Crippen molar-refractivity contribution in [1.29, 1.82) is 0 Å². The van der Waals surface area contributed by atoms with Gasteiger partial charge in [0, 0.05) is 14.1 Å². The number of nitrogens with zero attached hydrogens (tertiary/aromatic N) is 2. The van der Waals surface area contributed by atoms with Crippen LogP contribution in [0.25, 0.3) is 0 Å². The van der Waals surface area contributed by atoms with Crippen molar-refractivity contribution in [2.75, 3.05) is 0 Å². The van der Waals surface area contributed by atoms with Gasteiger partial charge in [-0.2, -0.15) is 0 Å². The lowest BCUT2D eigenvalue weighted by atomic mass is 10.5. The van der Waals surface area contributed by atoms with Crippen LogP contribution in [0.4, 0.5) is 0 Å². The molecule has 0 aromatic carbocycles. The summed E-state index contributed by atoms with van der Waals surface area (Å²) in [4.78, 5) is 22.3. The molecule has 0 aliphatic carbocycles. The molecule has 0 unspecified atom stereocenters. The molecule has 1 rings (SSSR count). The van der Waals surface area contributed by atoms with Crippen LogP contribution in [0.5, 0.6) is 0 Å². The van der Waals surface area contributed by atoms with Crippen molar-refractivity contribution >= 4 is 23.2 Å². The Bertz CT molecular complexity index is 356. The molecule has 0 aliphatic heterocycles. The van der Waals surface area contributed by atoms with Gasteiger partial charge >= 0.3 is 0 Å². The lowest BCUT2D eigenvalue weighted by Crippen LogP contribution is -2.35. The van der Waals surface area contributed by atoms with E-state index in [4.69, 9.17) is 23.2 Å². The Hall–Kier alpha value is -0.740. The molecule has 0 N–H and O–H groups in total. The van der Waals surface area contributed by atoms with Gasteiger partial charge in [-0.05, 0) is 0 Å². The van der Waals surface area contributed by atoms with E-state index < -0.39 is 11.1 Å². The van der Waals surface area contributed by atoms with Crippen LogP contribution < -0.4 is 11.1 Å². The predicted octanol–water partition coefficient (Wildman–Crippen LogP) is 0.391. The summed E-state index contributed by atoms with van der Waals surface area (Å²) in [5, 5.41) is -0.468. The van der Waals surface area contributed by atoms with Crippen molar-refractivity contribution < 1.29 is 0 Å². The zero-order valence-corrected chi connectivity index (χ0v) is 7.98. The minimum absolute atomic E-state index is 0.234. The maximum absolute atomic E-state index is 11.1. The van der Waals surface area contributed by atoms with Crippen LogP contribution in [0.15, 0.2) is 9.59 Å². The second-order valence-corrected chi connectivity index (χ2v) is 3.04. The van der Waals surface area contributed by atoms with Crippen molar-refractivity contribution in [3.8, 4) is 0 Å². The molecule has 66 valence electrons. The van der Waals surface area contributed by atoms with E-state index in [9.17, 15) is 9.59 Å². The second kappa shape index (κ2) is 2.95. The van der Waals surface area contributed by atoms with Gasteiger partial charge in [0.05, 0.1) is 0 Å². The first-order valence-corrected chi connectivity index (χ1v) is 3.83. The van der Waals surface area contributed by atoms with Crippen LogP contribution in [0.1, 0.15) is 0 Å². The Kier molecular flexibility index (Phi) is 2.30. The van der Waals surface area contributed by atoms with Gasteiger partial charge in [-0.3, -0.25) is 9.59 Å². The molecular weight excluding hydrogens is 203 g/mol. The number of halogens is 2. The summed E-state index contributed by atoms with van der Waals surface area (Å²) < 4.78 is 2.19. The maximum Gasteiger partial charge on any atom is 0.285 e. The molecule has 6 heteroatoms.